The Morgan fingerprint density at radius 2 is 0.598 bits per heavy atom. The normalized spacial score (nSPS) is 14.6. The van der Waals surface area contributed by atoms with Crippen molar-refractivity contribution in [3.63, 3.8) is 0 Å². The van der Waals surface area contributed by atoms with Crippen LogP contribution >= 0.6 is 15.6 Å². The predicted molar refractivity (Wildman–Crippen MR) is 372 cm³/mol. The topological polar surface area (TPSA) is 237 Å². The van der Waals surface area contributed by atoms with Crippen molar-refractivity contribution in [1.29, 1.82) is 0 Å². The summed E-state index contributed by atoms with van der Waals surface area (Å²) < 4.78 is 68.1. The summed E-state index contributed by atoms with van der Waals surface area (Å²) in [6.45, 7) is 4.55. The van der Waals surface area contributed by atoms with Crippen LogP contribution in [0.4, 0.5) is 0 Å². The molecule has 0 aromatic carbocycles. The first-order valence-corrected chi connectivity index (χ1v) is 38.5. The van der Waals surface area contributed by atoms with Gasteiger partial charge in [-0.15, -0.1) is 0 Å². The lowest BCUT2D eigenvalue weighted by atomic mass is 10.1. The van der Waals surface area contributed by atoms with Crippen molar-refractivity contribution in [2.45, 2.75) is 303 Å². The van der Waals surface area contributed by atoms with E-state index in [1.165, 1.54) is 64.2 Å². The van der Waals surface area contributed by atoms with E-state index in [4.69, 9.17) is 37.0 Å². The number of phosphoric ester groups is 2. The number of aliphatic hydroxyl groups is 1. The number of aliphatic hydroxyl groups excluding tert-OH is 1. The van der Waals surface area contributed by atoms with Gasteiger partial charge >= 0.3 is 39.5 Å². The Balaban J connectivity index is 5.34. The number of ether oxygens (including phenoxy) is 4. The molecule has 92 heavy (non-hydrogen) atoms. The molecule has 0 radical (unpaired) electrons. The van der Waals surface area contributed by atoms with Gasteiger partial charge in [0.1, 0.15) is 19.3 Å². The third-order valence-electron chi connectivity index (χ3n) is 14.5. The Kier molecular flexibility index (Phi) is 62.8. The molecule has 0 saturated carbocycles. The molecule has 0 bridgehead atoms. The van der Waals surface area contributed by atoms with E-state index in [0.717, 1.165) is 135 Å². The fourth-order valence-electron chi connectivity index (χ4n) is 9.09. The van der Waals surface area contributed by atoms with Crippen LogP contribution in [0.1, 0.15) is 285 Å². The molecule has 0 fully saturated rings. The zero-order valence-electron chi connectivity index (χ0n) is 57.4. The average Bonchev–Trinajstić information content (AvgIpc) is 2.26. The number of rotatable bonds is 66. The van der Waals surface area contributed by atoms with E-state index in [1.54, 1.807) is 0 Å². The maximum absolute atomic E-state index is 13.0. The molecule has 0 saturated heterocycles. The minimum Gasteiger partial charge on any atom is -0.462 e. The number of phosphoric acid groups is 2. The molecule has 0 rings (SSSR count). The van der Waals surface area contributed by atoms with Gasteiger partial charge in [-0.2, -0.15) is 0 Å². The smallest absolute Gasteiger partial charge is 0.462 e. The second kappa shape index (κ2) is 65.6. The molecular weight excluding hydrogens is 1210 g/mol. The Bertz CT molecular complexity index is 2130. The molecule has 5 unspecified atom stereocenters. The van der Waals surface area contributed by atoms with Crippen LogP contribution in [-0.4, -0.2) is 96.7 Å². The Labute approximate surface area is 557 Å². The van der Waals surface area contributed by atoms with Crippen LogP contribution in [0, 0.1) is 0 Å². The van der Waals surface area contributed by atoms with Crippen molar-refractivity contribution in [3.05, 3.63) is 97.2 Å². The summed E-state index contributed by atoms with van der Waals surface area (Å²) in [6.07, 6.45) is 65.9. The molecule has 0 aliphatic rings. The van der Waals surface area contributed by atoms with E-state index in [0.29, 0.717) is 32.1 Å². The Morgan fingerprint density at radius 1 is 0.315 bits per heavy atom. The molecule has 0 spiro atoms. The van der Waals surface area contributed by atoms with Crippen molar-refractivity contribution < 1.29 is 80.2 Å². The number of esters is 4. The van der Waals surface area contributed by atoms with Crippen LogP contribution in [0.2, 0.25) is 0 Å². The minimum atomic E-state index is -4.98. The number of hydrogen-bond acceptors (Lipinski definition) is 15. The van der Waals surface area contributed by atoms with Crippen LogP contribution in [-0.2, 0) is 65.4 Å². The quantitative estimate of drug-likeness (QED) is 0.0169. The fourth-order valence-corrected chi connectivity index (χ4v) is 10.7. The molecule has 0 heterocycles. The molecule has 0 amide bonds. The molecule has 19 heteroatoms. The summed E-state index contributed by atoms with van der Waals surface area (Å²) in [5, 5.41) is 10.6. The summed E-state index contributed by atoms with van der Waals surface area (Å²) in [6, 6.07) is 0. The van der Waals surface area contributed by atoms with Gasteiger partial charge in [0.05, 0.1) is 26.4 Å². The summed E-state index contributed by atoms with van der Waals surface area (Å²) in [4.78, 5) is 72.4. The minimum absolute atomic E-state index is 0.0346. The zero-order chi connectivity index (χ0) is 67.5. The zero-order valence-corrected chi connectivity index (χ0v) is 59.2. The molecule has 3 N–H and O–H groups in total. The monoisotopic (exact) mass is 1340 g/mol. The first-order valence-electron chi connectivity index (χ1n) is 35.5. The van der Waals surface area contributed by atoms with Gasteiger partial charge in [0, 0.05) is 25.7 Å². The average molecular weight is 1340 g/mol. The van der Waals surface area contributed by atoms with Crippen molar-refractivity contribution in [2.75, 3.05) is 39.6 Å². The van der Waals surface area contributed by atoms with Gasteiger partial charge in [-0.1, -0.05) is 253 Å². The second-order valence-electron chi connectivity index (χ2n) is 23.4. The first kappa shape index (κ1) is 88.0. The van der Waals surface area contributed by atoms with E-state index in [2.05, 4.69) is 107 Å². The molecule has 530 valence electrons. The van der Waals surface area contributed by atoms with Crippen LogP contribution in [0.25, 0.3) is 0 Å². The van der Waals surface area contributed by atoms with Gasteiger partial charge in [0.2, 0.25) is 0 Å². The molecule has 0 aliphatic heterocycles. The maximum atomic E-state index is 13.0. The SMILES string of the molecule is CC/C=C\C/C=C\C/C=C\C/C=C\C/C=C\C/C=C\CCC(=O)OCC(COP(=O)(O)OCC(O)COP(=O)(O)OCC(COC(=O)CCCCCCC/C=C\CCCC)OC(=O)CCCCCCCCCCCCC)OC(=O)CCCCCCC/C=C\CCCC. The first-order chi connectivity index (χ1) is 44.7. The predicted octanol–water partition coefficient (Wildman–Crippen LogP) is 19.7. The van der Waals surface area contributed by atoms with Crippen LogP contribution in [0.5, 0.6) is 0 Å². The summed E-state index contributed by atoms with van der Waals surface area (Å²) in [5.74, 6) is -2.29. The van der Waals surface area contributed by atoms with Gasteiger partial charge in [-0.05, 0) is 103 Å². The highest BCUT2D eigenvalue weighted by atomic mass is 31.2. The number of carbonyl (C=O) groups is 4. The third kappa shape index (κ3) is 64.7. The molecular formula is C73H126O17P2. The summed E-state index contributed by atoms with van der Waals surface area (Å²) in [5.41, 5.74) is 0. The van der Waals surface area contributed by atoms with E-state index in [1.807, 2.05) is 18.2 Å². The highest BCUT2D eigenvalue weighted by Gasteiger charge is 2.30. The highest BCUT2D eigenvalue weighted by molar-refractivity contribution is 7.47. The van der Waals surface area contributed by atoms with Crippen molar-refractivity contribution in [2.24, 2.45) is 0 Å². The molecule has 17 nitrogen and oxygen atoms in total. The Hall–Kier alpha value is -4.02. The lowest BCUT2D eigenvalue weighted by Crippen LogP contribution is -2.30. The lowest BCUT2D eigenvalue weighted by molar-refractivity contribution is -0.161. The molecule has 5 atom stereocenters. The maximum Gasteiger partial charge on any atom is 0.472 e. The van der Waals surface area contributed by atoms with E-state index >= 15 is 0 Å². The van der Waals surface area contributed by atoms with Crippen LogP contribution in [0.3, 0.4) is 0 Å². The van der Waals surface area contributed by atoms with Crippen molar-refractivity contribution >= 4 is 39.5 Å². The van der Waals surface area contributed by atoms with Crippen molar-refractivity contribution in [3.8, 4) is 0 Å². The Morgan fingerprint density at radius 3 is 0.967 bits per heavy atom. The molecule has 0 aromatic rings. The van der Waals surface area contributed by atoms with Gasteiger partial charge in [-0.25, -0.2) is 9.13 Å². The van der Waals surface area contributed by atoms with Gasteiger partial charge < -0.3 is 33.8 Å². The van der Waals surface area contributed by atoms with E-state index < -0.39 is 97.5 Å². The summed E-state index contributed by atoms with van der Waals surface area (Å²) >= 11 is 0. The van der Waals surface area contributed by atoms with Crippen molar-refractivity contribution in [1.82, 2.24) is 0 Å². The van der Waals surface area contributed by atoms with Gasteiger partial charge in [0.15, 0.2) is 12.2 Å². The van der Waals surface area contributed by atoms with Crippen LogP contribution in [0.15, 0.2) is 97.2 Å². The number of carbonyl (C=O) groups excluding carboxylic acids is 4. The number of hydrogen-bond donors (Lipinski definition) is 3. The highest BCUT2D eigenvalue weighted by Crippen LogP contribution is 2.45. The molecule has 0 aromatic heterocycles. The standard InChI is InChI=1S/C73H126O17P2/c1-5-9-13-17-21-25-29-30-31-32-33-34-35-36-40-42-46-50-54-58-71(76)84-64-69(90-73(78)60-56-52-48-44-39-28-24-20-16-12-8-4)66-88-92(81,82)86-62-67(74)61-85-91(79,80)87-65-68(89-72(77)59-55-51-47-43-38-27-23-19-15-11-7-3)63-83-70(75)57-53-49-45-41-37-26-22-18-14-10-6-2/h9,13,18,20-22,24-25,30-31,33-34,36,40,46,50,67-69,74H,5-8,10-12,14-17,19,23,26-29,32,35,37-39,41-45,47-49,51-66H2,1-4H3,(H,79,80)(H,81,82)/b13-9-,22-18-,24-20-,25-21-,31-30-,34-33-,40-36-,50-46-. The van der Waals surface area contributed by atoms with Gasteiger partial charge in [-0.3, -0.25) is 37.3 Å². The number of unbranched alkanes of at least 4 members (excludes halogenated alkanes) is 24. The van der Waals surface area contributed by atoms with Crippen LogP contribution < -0.4 is 0 Å². The van der Waals surface area contributed by atoms with Gasteiger partial charge in [0.25, 0.3) is 0 Å². The van der Waals surface area contributed by atoms with E-state index in [9.17, 15) is 43.2 Å². The third-order valence-corrected chi connectivity index (χ3v) is 16.4. The number of allylic oxidation sites excluding steroid dienone is 16. The van der Waals surface area contributed by atoms with E-state index in [-0.39, 0.29) is 25.7 Å². The lowest BCUT2D eigenvalue weighted by Gasteiger charge is -2.21. The summed E-state index contributed by atoms with van der Waals surface area (Å²) in [7, 11) is -9.95. The second-order valence-corrected chi connectivity index (χ2v) is 26.4. The fraction of sp³-hybridized carbons (Fsp3) is 0.726. The molecule has 0 aliphatic carbocycles. The largest absolute Gasteiger partial charge is 0.472 e.